The van der Waals surface area contributed by atoms with E-state index < -0.39 is 0 Å². The molecule has 2 rings (SSSR count). The van der Waals surface area contributed by atoms with Crippen LogP contribution in [0, 0.1) is 26.7 Å². The maximum Gasteiger partial charge on any atom is 0.187 e. The fraction of sp³-hybridized carbons (Fsp3) is 0.643. The average molecular weight is 264 g/mol. The van der Waals surface area contributed by atoms with Crippen molar-refractivity contribution >= 4 is 17.5 Å². The molecule has 1 aromatic heterocycles. The van der Waals surface area contributed by atoms with Gasteiger partial charge in [-0.05, 0) is 45.6 Å². The van der Waals surface area contributed by atoms with Gasteiger partial charge in [0.2, 0.25) is 0 Å². The molecular formula is C14H20N2OS. The van der Waals surface area contributed by atoms with Crippen LogP contribution in [0.15, 0.2) is 5.16 Å². The van der Waals surface area contributed by atoms with Crippen LogP contribution in [-0.4, -0.2) is 21.5 Å². The van der Waals surface area contributed by atoms with Gasteiger partial charge in [-0.3, -0.25) is 4.79 Å². The number of Topliss-reactive ketones (excluding diaryl/α,β-unsaturated/α-hetero) is 1. The van der Waals surface area contributed by atoms with Gasteiger partial charge < -0.3 is 0 Å². The predicted octanol–water partition coefficient (Wildman–Crippen LogP) is 3.25. The maximum absolute atomic E-state index is 11.5. The summed E-state index contributed by atoms with van der Waals surface area (Å²) in [6.07, 6.45) is 3.91. The van der Waals surface area contributed by atoms with Crippen molar-refractivity contribution in [2.45, 2.75) is 51.6 Å². The second-order valence-electron chi connectivity index (χ2n) is 4.99. The minimum atomic E-state index is 0.296. The van der Waals surface area contributed by atoms with E-state index in [4.69, 9.17) is 0 Å². The molecule has 0 radical (unpaired) electrons. The molecule has 4 heteroatoms. The molecule has 0 amide bonds. The van der Waals surface area contributed by atoms with Gasteiger partial charge in [0, 0.05) is 29.5 Å². The fourth-order valence-corrected chi connectivity index (χ4v) is 3.28. The highest BCUT2D eigenvalue weighted by atomic mass is 32.2. The lowest BCUT2D eigenvalue weighted by atomic mass is 10.1. The summed E-state index contributed by atoms with van der Waals surface area (Å²) in [7, 11) is 0. The Morgan fingerprint density at radius 1 is 1.22 bits per heavy atom. The van der Waals surface area contributed by atoms with Crippen molar-refractivity contribution in [3.63, 3.8) is 0 Å². The quantitative estimate of drug-likeness (QED) is 0.618. The van der Waals surface area contributed by atoms with Gasteiger partial charge in [-0.1, -0.05) is 11.8 Å². The molecule has 1 saturated carbocycles. The summed E-state index contributed by atoms with van der Waals surface area (Å²) in [6, 6.07) is 0. The molecule has 1 aliphatic rings. The first-order valence-electron chi connectivity index (χ1n) is 6.55. The van der Waals surface area contributed by atoms with Crippen molar-refractivity contribution in [2.75, 3.05) is 5.75 Å². The minimum Gasteiger partial charge on any atom is -0.299 e. The second-order valence-corrected chi connectivity index (χ2v) is 6.06. The molecule has 1 aliphatic carbocycles. The number of nitrogens with zero attached hydrogens (tertiary/aromatic N) is 2. The Labute approximate surface area is 113 Å². The highest BCUT2D eigenvalue weighted by molar-refractivity contribution is 7.99. The molecule has 0 N–H and O–H groups in total. The van der Waals surface area contributed by atoms with Crippen LogP contribution in [0.2, 0.25) is 0 Å². The summed E-state index contributed by atoms with van der Waals surface area (Å²) in [5.41, 5.74) is 3.29. The van der Waals surface area contributed by atoms with E-state index in [1.807, 2.05) is 13.8 Å². The van der Waals surface area contributed by atoms with Crippen molar-refractivity contribution in [1.82, 2.24) is 9.97 Å². The van der Waals surface area contributed by atoms with E-state index in [-0.39, 0.29) is 0 Å². The van der Waals surface area contributed by atoms with Crippen molar-refractivity contribution in [2.24, 2.45) is 5.92 Å². The van der Waals surface area contributed by atoms with Crippen LogP contribution in [0.1, 0.15) is 42.6 Å². The van der Waals surface area contributed by atoms with E-state index in [1.165, 1.54) is 5.56 Å². The molecule has 18 heavy (non-hydrogen) atoms. The first-order valence-corrected chi connectivity index (χ1v) is 7.54. The lowest BCUT2D eigenvalue weighted by Gasteiger charge is -2.08. The van der Waals surface area contributed by atoms with Crippen molar-refractivity contribution in [1.29, 1.82) is 0 Å². The third-order valence-electron chi connectivity index (χ3n) is 3.74. The van der Waals surface area contributed by atoms with Gasteiger partial charge in [0.25, 0.3) is 0 Å². The van der Waals surface area contributed by atoms with E-state index >= 15 is 0 Å². The number of ketones is 1. The van der Waals surface area contributed by atoms with Gasteiger partial charge in [0.1, 0.15) is 5.78 Å². The van der Waals surface area contributed by atoms with Gasteiger partial charge in [0.15, 0.2) is 5.16 Å². The zero-order valence-electron chi connectivity index (χ0n) is 11.3. The Morgan fingerprint density at radius 3 is 2.44 bits per heavy atom. The summed E-state index contributed by atoms with van der Waals surface area (Å²) in [5.74, 6) is 1.69. The van der Waals surface area contributed by atoms with Gasteiger partial charge in [0.05, 0.1) is 0 Å². The molecule has 0 saturated heterocycles. The van der Waals surface area contributed by atoms with Crippen LogP contribution in [-0.2, 0) is 4.79 Å². The smallest absolute Gasteiger partial charge is 0.187 e. The predicted molar refractivity (Wildman–Crippen MR) is 73.9 cm³/mol. The maximum atomic E-state index is 11.5. The molecule has 1 fully saturated rings. The molecular weight excluding hydrogens is 244 g/mol. The molecule has 0 spiro atoms. The van der Waals surface area contributed by atoms with Gasteiger partial charge in [-0.15, -0.1) is 0 Å². The zero-order valence-corrected chi connectivity index (χ0v) is 12.1. The average Bonchev–Trinajstić information content (AvgIpc) is 2.72. The molecule has 98 valence electrons. The van der Waals surface area contributed by atoms with Crippen LogP contribution < -0.4 is 0 Å². The normalized spacial score (nSPS) is 19.5. The van der Waals surface area contributed by atoms with Crippen LogP contribution in [0.5, 0.6) is 0 Å². The number of hydrogen-bond donors (Lipinski definition) is 0. The Kier molecular flexibility index (Phi) is 4.38. The van der Waals surface area contributed by atoms with Crippen LogP contribution >= 0.6 is 11.8 Å². The summed E-state index contributed by atoms with van der Waals surface area (Å²) in [6.45, 7) is 6.10. The third-order valence-corrected chi connectivity index (χ3v) is 4.62. The Morgan fingerprint density at radius 2 is 1.89 bits per heavy atom. The second kappa shape index (κ2) is 5.83. The fourth-order valence-electron chi connectivity index (χ4n) is 2.29. The zero-order chi connectivity index (χ0) is 13.1. The van der Waals surface area contributed by atoms with Crippen molar-refractivity contribution in [3.8, 4) is 0 Å². The van der Waals surface area contributed by atoms with Crippen molar-refractivity contribution in [3.05, 3.63) is 17.0 Å². The monoisotopic (exact) mass is 264 g/mol. The topological polar surface area (TPSA) is 42.9 Å². The molecule has 0 aromatic carbocycles. The molecule has 1 aromatic rings. The molecule has 3 nitrogen and oxygen atoms in total. The van der Waals surface area contributed by atoms with Crippen molar-refractivity contribution < 1.29 is 4.79 Å². The molecule has 1 heterocycles. The van der Waals surface area contributed by atoms with E-state index in [0.29, 0.717) is 11.7 Å². The standard InChI is InChI=1S/C14H20N2OS/c1-9-10(2)15-14(16-11(9)3)18-8-7-12-5-4-6-13(12)17/h12H,4-8H2,1-3H3. The highest BCUT2D eigenvalue weighted by Crippen LogP contribution is 2.27. The SMILES string of the molecule is Cc1nc(SCCC2CCCC2=O)nc(C)c1C. The number of carbonyl (C=O) groups is 1. The molecule has 1 atom stereocenters. The summed E-state index contributed by atoms with van der Waals surface area (Å²) >= 11 is 1.67. The number of rotatable bonds is 4. The Balaban J connectivity index is 1.88. The Hall–Kier alpha value is -0.900. The largest absolute Gasteiger partial charge is 0.299 e. The van der Waals surface area contributed by atoms with Crippen LogP contribution in [0.25, 0.3) is 0 Å². The Bertz CT molecular complexity index is 436. The van der Waals surface area contributed by atoms with E-state index in [0.717, 1.165) is 48.0 Å². The number of aryl methyl sites for hydroxylation is 2. The van der Waals surface area contributed by atoms with Crippen LogP contribution in [0.3, 0.4) is 0 Å². The summed E-state index contributed by atoms with van der Waals surface area (Å²) < 4.78 is 0. The van der Waals surface area contributed by atoms with Crippen LogP contribution in [0.4, 0.5) is 0 Å². The van der Waals surface area contributed by atoms with E-state index in [1.54, 1.807) is 11.8 Å². The number of aromatic nitrogens is 2. The minimum absolute atomic E-state index is 0.296. The number of carbonyl (C=O) groups excluding carboxylic acids is 1. The molecule has 1 unspecified atom stereocenters. The van der Waals surface area contributed by atoms with Gasteiger partial charge in [-0.25, -0.2) is 9.97 Å². The molecule has 0 bridgehead atoms. The van der Waals surface area contributed by atoms with E-state index in [9.17, 15) is 4.79 Å². The highest BCUT2D eigenvalue weighted by Gasteiger charge is 2.23. The van der Waals surface area contributed by atoms with Gasteiger partial charge >= 0.3 is 0 Å². The third kappa shape index (κ3) is 3.10. The summed E-state index contributed by atoms with van der Waals surface area (Å²) in [4.78, 5) is 20.5. The molecule has 0 aliphatic heterocycles. The lowest BCUT2D eigenvalue weighted by Crippen LogP contribution is -2.07. The summed E-state index contributed by atoms with van der Waals surface area (Å²) in [5, 5.41) is 0.848. The first-order chi connectivity index (χ1) is 8.58. The lowest BCUT2D eigenvalue weighted by molar-refractivity contribution is -0.120. The number of thioether (sulfide) groups is 1. The van der Waals surface area contributed by atoms with E-state index in [2.05, 4.69) is 16.9 Å². The van der Waals surface area contributed by atoms with Gasteiger partial charge in [-0.2, -0.15) is 0 Å². The first kappa shape index (κ1) is 13.5. The number of hydrogen-bond acceptors (Lipinski definition) is 4.